The Morgan fingerprint density at radius 1 is 0.222 bits per heavy atom. The van der Waals surface area contributed by atoms with Crippen molar-refractivity contribution in [1.29, 1.82) is 0 Å². The van der Waals surface area contributed by atoms with Crippen LogP contribution in [0.1, 0.15) is 0 Å². The van der Waals surface area contributed by atoms with E-state index in [0.717, 1.165) is 26.9 Å². The Morgan fingerprint density at radius 2 is 0.222 bits per heavy atom. The summed E-state index contributed by atoms with van der Waals surface area (Å²) in [6, 6.07) is 0. The molecule has 0 aliphatic heterocycles. The van der Waals surface area contributed by atoms with E-state index in [1.54, 1.807) is 0 Å². The van der Waals surface area contributed by atoms with E-state index in [2.05, 4.69) is 169 Å². The van der Waals surface area contributed by atoms with E-state index in [4.69, 9.17) is 56.8 Å². The minimum absolute atomic E-state index is 1.00. The summed E-state index contributed by atoms with van der Waals surface area (Å²) >= 11 is 0. The summed E-state index contributed by atoms with van der Waals surface area (Å²) in [4.78, 5) is 50.4. The highest BCUT2D eigenvalue weighted by Gasteiger charge is 1.90. The standard InChI is InChI=1S/6C4H12N.6FH2O2P/c6*1-5(2,3)4;6*1-4(2)3/h6*1-4H3;6*4H,(H,2,3)/q6*+1;;;;;;/p-6. The number of hydrogen-bond acceptors (Lipinski definition) is 12. The number of quaternary nitrogens is 6. The molecular weight excluding hydrogens is 864 g/mol. The van der Waals surface area contributed by atoms with Gasteiger partial charge < -0.3 is 83.6 Å². The Morgan fingerprint density at radius 3 is 0.222 bits per heavy atom. The van der Waals surface area contributed by atoms with Crippen LogP contribution in [0.5, 0.6) is 0 Å². The fourth-order valence-corrected chi connectivity index (χ4v) is 0. The topological polar surface area (TPSA) is 241 Å². The molecule has 30 heteroatoms. The van der Waals surface area contributed by atoms with Crippen LogP contribution in [0.3, 0.4) is 0 Å². The van der Waals surface area contributed by atoms with Gasteiger partial charge in [-0.15, -0.1) is 0 Å². The van der Waals surface area contributed by atoms with Gasteiger partial charge >= 0.3 is 0 Å². The third kappa shape index (κ3) is 604000. The van der Waals surface area contributed by atoms with E-state index in [1.807, 2.05) is 0 Å². The van der Waals surface area contributed by atoms with Crippen molar-refractivity contribution in [3.8, 4) is 0 Å². The van der Waals surface area contributed by atoms with Crippen molar-refractivity contribution in [3.63, 3.8) is 0 Å². The molecule has 18 nitrogen and oxygen atoms in total. The molecule has 0 amide bonds. The summed E-state index contributed by atoms with van der Waals surface area (Å²) in [5.41, 5.74) is 0. The molecule has 6 atom stereocenters. The predicted octanol–water partition coefficient (Wildman–Crippen LogP) is 0.170. The second-order valence-electron chi connectivity index (χ2n) is 17.5. The maximum absolute atomic E-state index is 9.99. The molecule has 0 radical (unpaired) electrons. The molecule has 0 heterocycles. The van der Waals surface area contributed by atoms with Crippen LogP contribution in [-0.4, -0.2) is 196 Å². The van der Waals surface area contributed by atoms with Crippen LogP contribution >= 0.6 is 50.0 Å². The van der Waals surface area contributed by atoms with Gasteiger partial charge in [-0.25, -0.2) is 25.2 Å². The Balaban J connectivity index is -0.0000000357. The van der Waals surface area contributed by atoms with Crippen LogP contribution in [0, 0.1) is 0 Å². The van der Waals surface area contributed by atoms with Crippen molar-refractivity contribution in [2.75, 3.05) is 169 Å². The SMILES string of the molecule is C[N+](C)(C)C.C[N+](C)(C)C.C[N+](C)(C)C.C[N+](C)(C)C.C[N+](C)(C)C.C[N+](C)(C)C.O=[PH]([O-])F.O=[PH]([O-])F.O=[PH]([O-])F.O=[PH]([O-])F.O=[PH]([O-])F.O=[PH]([O-])F. The average Bonchev–Trinajstić information content (AvgIpc) is 2.55. The van der Waals surface area contributed by atoms with Gasteiger partial charge in [-0.2, -0.15) is 0 Å². The van der Waals surface area contributed by atoms with E-state index >= 15 is 0 Å². The second-order valence-corrected chi connectivity index (χ2v) is 20.4. The van der Waals surface area contributed by atoms with Gasteiger partial charge in [0.2, 0.25) is 0 Å². The number of rotatable bonds is 0. The Bertz CT molecular complexity index is 672. The van der Waals surface area contributed by atoms with Crippen LogP contribution in [0.25, 0.3) is 0 Å². The lowest BCUT2D eigenvalue weighted by Crippen LogP contribution is -2.27. The second kappa shape index (κ2) is 49.6. The summed E-state index contributed by atoms with van der Waals surface area (Å²) in [5, 5.41) is 0. The van der Waals surface area contributed by atoms with Crippen LogP contribution in [0.15, 0.2) is 0 Å². The molecular formula is C24H78F6N6O12P6. The van der Waals surface area contributed by atoms with Gasteiger partial charge in [-0.3, -0.25) is 0 Å². The monoisotopic (exact) mass is 942 g/mol. The molecule has 54 heavy (non-hydrogen) atoms. The first-order valence-corrected chi connectivity index (χ1v) is 21.5. The van der Waals surface area contributed by atoms with E-state index in [1.165, 1.54) is 0 Å². The lowest BCUT2D eigenvalue weighted by molar-refractivity contribution is -0.849. The van der Waals surface area contributed by atoms with Gasteiger partial charge in [0.1, 0.15) is 0 Å². The van der Waals surface area contributed by atoms with Crippen LogP contribution in [0.2, 0.25) is 0 Å². The first kappa shape index (κ1) is 86.3. The maximum Gasteiger partial charge on any atom is 0.169 e. The van der Waals surface area contributed by atoms with Gasteiger partial charge in [0.25, 0.3) is 0 Å². The third-order valence-electron chi connectivity index (χ3n) is 0. The molecule has 0 spiro atoms. The third-order valence-corrected chi connectivity index (χ3v) is 0. The van der Waals surface area contributed by atoms with Gasteiger partial charge in [0, 0.05) is 0 Å². The summed E-state index contributed by atoms with van der Waals surface area (Å²) in [7, 11) is 27.7. The quantitative estimate of drug-likeness (QED) is 0.180. The van der Waals surface area contributed by atoms with Crippen LogP contribution in [-0.2, 0) is 27.4 Å². The Labute approximate surface area is 327 Å². The largest absolute Gasteiger partial charge is 0.777 e. The normalized spacial score (nSPS) is 13.6. The molecule has 0 saturated heterocycles. The van der Waals surface area contributed by atoms with Crippen molar-refractivity contribution >= 4 is 50.0 Å². The van der Waals surface area contributed by atoms with Crippen molar-refractivity contribution in [3.05, 3.63) is 0 Å². The summed E-state index contributed by atoms with van der Waals surface area (Å²) < 4.78 is 116. The molecule has 348 valence electrons. The first-order chi connectivity index (χ1) is 22.4. The Kier molecular flexibility index (Phi) is 79.4. The fraction of sp³-hybridized carbons (Fsp3) is 1.00. The summed E-state index contributed by atoms with van der Waals surface area (Å²) in [5.74, 6) is 0. The van der Waals surface area contributed by atoms with Crippen molar-refractivity contribution < 1.29 is 109 Å². The molecule has 0 saturated carbocycles. The maximum atomic E-state index is 9.99. The van der Waals surface area contributed by atoms with E-state index in [9.17, 15) is 25.2 Å². The predicted molar refractivity (Wildman–Crippen MR) is 204 cm³/mol. The summed E-state index contributed by atoms with van der Waals surface area (Å²) in [6.45, 7) is 0. The van der Waals surface area contributed by atoms with Gasteiger partial charge in [-0.05, 0) is 0 Å². The highest BCUT2D eigenvalue weighted by atomic mass is 31.2. The minimum Gasteiger partial charge on any atom is -0.777 e. The van der Waals surface area contributed by atoms with Crippen LogP contribution < -0.4 is 29.4 Å². The number of hydrogen-bond donors (Lipinski definition) is 0. The minimum atomic E-state index is -3.88. The molecule has 0 bridgehead atoms. The first-order valence-electron chi connectivity index (χ1n) is 14.3. The van der Waals surface area contributed by atoms with E-state index < -0.39 is 50.0 Å². The molecule has 0 aliphatic carbocycles. The zero-order chi connectivity index (χ0) is 48.5. The Hall–Kier alpha value is 0.480. The van der Waals surface area contributed by atoms with E-state index in [0.29, 0.717) is 0 Å². The van der Waals surface area contributed by atoms with Crippen molar-refractivity contribution in [1.82, 2.24) is 0 Å². The lowest BCUT2D eigenvalue weighted by atomic mass is 10.8. The van der Waals surface area contributed by atoms with Gasteiger partial charge in [0.15, 0.2) is 50.0 Å². The molecule has 0 aromatic carbocycles. The van der Waals surface area contributed by atoms with Crippen LogP contribution in [0.4, 0.5) is 25.2 Å². The molecule has 0 N–H and O–H groups in total. The molecule has 0 aromatic heterocycles. The zero-order valence-electron chi connectivity index (χ0n) is 36.9. The highest BCUT2D eigenvalue weighted by molar-refractivity contribution is 7.30. The highest BCUT2D eigenvalue weighted by Crippen LogP contribution is 2.05. The van der Waals surface area contributed by atoms with Gasteiger partial charge in [-0.1, -0.05) is 0 Å². The van der Waals surface area contributed by atoms with Crippen molar-refractivity contribution in [2.24, 2.45) is 0 Å². The lowest BCUT2D eigenvalue weighted by Gasteiger charge is -2.14. The zero-order valence-corrected chi connectivity index (χ0v) is 42.9. The van der Waals surface area contributed by atoms with E-state index in [-0.39, 0.29) is 0 Å². The number of nitrogens with zero attached hydrogens (tertiary/aromatic N) is 6. The molecule has 0 aromatic rings. The molecule has 0 aliphatic rings. The molecule has 6 unspecified atom stereocenters. The van der Waals surface area contributed by atoms with Gasteiger partial charge in [0.05, 0.1) is 169 Å². The average molecular weight is 943 g/mol. The van der Waals surface area contributed by atoms with Crippen molar-refractivity contribution in [2.45, 2.75) is 0 Å². The summed E-state index contributed by atoms with van der Waals surface area (Å²) in [6.07, 6.45) is 0. The number of halogens is 6. The smallest absolute Gasteiger partial charge is 0.169 e. The molecule has 0 fully saturated rings. The fourth-order valence-electron chi connectivity index (χ4n) is 0. The molecule has 0 rings (SSSR count).